The molecule has 1 atom stereocenters. The zero-order valence-corrected chi connectivity index (χ0v) is 13.4. The summed E-state index contributed by atoms with van der Waals surface area (Å²) in [6, 6.07) is 4.94. The highest BCUT2D eigenvalue weighted by molar-refractivity contribution is 5.75. The molecule has 1 aliphatic heterocycles. The van der Waals surface area contributed by atoms with Gasteiger partial charge in [0, 0.05) is 19.6 Å². The molecule has 1 saturated heterocycles. The highest BCUT2D eigenvalue weighted by Crippen LogP contribution is 2.22. The van der Waals surface area contributed by atoms with Crippen molar-refractivity contribution in [1.82, 2.24) is 29.6 Å². The van der Waals surface area contributed by atoms with E-state index >= 15 is 0 Å². The van der Waals surface area contributed by atoms with E-state index in [4.69, 9.17) is 4.74 Å². The smallest absolute Gasteiger partial charge is 0.163 e. The molecule has 2 aromatic heterocycles. The van der Waals surface area contributed by atoms with Crippen molar-refractivity contribution >= 4 is 11.0 Å². The first-order chi connectivity index (χ1) is 11.7. The van der Waals surface area contributed by atoms with E-state index in [1.54, 1.807) is 12.4 Å². The Morgan fingerprint density at radius 1 is 1.42 bits per heavy atom. The van der Waals surface area contributed by atoms with Crippen LogP contribution in [0, 0.1) is 5.82 Å². The van der Waals surface area contributed by atoms with Gasteiger partial charge in [-0.25, -0.2) is 9.37 Å². The van der Waals surface area contributed by atoms with Gasteiger partial charge < -0.3 is 14.3 Å². The summed E-state index contributed by atoms with van der Waals surface area (Å²) in [5, 5.41) is 8.16. The second kappa shape index (κ2) is 6.29. The number of nitrogens with one attached hydrogen (secondary N) is 1. The molecule has 3 heterocycles. The van der Waals surface area contributed by atoms with E-state index in [0.717, 1.165) is 30.3 Å². The van der Waals surface area contributed by atoms with Gasteiger partial charge in [-0.3, -0.25) is 4.90 Å². The van der Waals surface area contributed by atoms with Crippen molar-refractivity contribution in [3.63, 3.8) is 0 Å². The van der Waals surface area contributed by atoms with Gasteiger partial charge in [-0.15, -0.1) is 10.2 Å². The predicted octanol–water partition coefficient (Wildman–Crippen LogP) is 1.89. The van der Waals surface area contributed by atoms with E-state index in [2.05, 4.69) is 32.0 Å². The number of aromatic nitrogens is 5. The summed E-state index contributed by atoms with van der Waals surface area (Å²) in [5.74, 6) is 1.30. The highest BCUT2D eigenvalue weighted by Gasteiger charge is 2.26. The van der Waals surface area contributed by atoms with Gasteiger partial charge in [0.25, 0.3) is 0 Å². The van der Waals surface area contributed by atoms with E-state index in [0.29, 0.717) is 25.2 Å². The lowest BCUT2D eigenvalue weighted by Gasteiger charge is -2.31. The zero-order valence-electron chi connectivity index (χ0n) is 13.4. The van der Waals surface area contributed by atoms with Crippen molar-refractivity contribution in [3.8, 4) is 0 Å². The molecule has 1 aliphatic rings. The molecule has 1 aromatic carbocycles. The van der Waals surface area contributed by atoms with Gasteiger partial charge in [0.15, 0.2) is 11.6 Å². The summed E-state index contributed by atoms with van der Waals surface area (Å²) < 4.78 is 21.6. The molecule has 24 heavy (non-hydrogen) atoms. The van der Waals surface area contributed by atoms with Gasteiger partial charge in [0.2, 0.25) is 0 Å². The molecule has 0 spiro atoms. The first-order valence-corrected chi connectivity index (χ1v) is 8.09. The Kier molecular flexibility index (Phi) is 3.99. The molecule has 1 fully saturated rings. The molecule has 0 amide bonds. The van der Waals surface area contributed by atoms with Crippen LogP contribution in [-0.4, -0.2) is 49.3 Å². The van der Waals surface area contributed by atoms with Crippen LogP contribution in [0.1, 0.15) is 24.7 Å². The number of para-hydroxylation sites is 1. The standard InChI is InChI=1S/C16H19FN6O/c1-2-23-10-18-21-16(23)13-8-22(6-7-24-13)9-14-19-12-5-3-4-11(17)15(12)20-14/h3-5,10,13H,2,6-9H2,1H3,(H,19,20)/t13-/m0/s1. The molecule has 1 N–H and O–H groups in total. The first-order valence-electron chi connectivity index (χ1n) is 8.09. The van der Waals surface area contributed by atoms with Crippen molar-refractivity contribution in [2.24, 2.45) is 0 Å². The van der Waals surface area contributed by atoms with Crippen molar-refractivity contribution in [2.45, 2.75) is 26.1 Å². The second-order valence-electron chi connectivity index (χ2n) is 5.89. The van der Waals surface area contributed by atoms with Gasteiger partial charge >= 0.3 is 0 Å². The van der Waals surface area contributed by atoms with Crippen LogP contribution in [0.25, 0.3) is 11.0 Å². The lowest BCUT2D eigenvalue weighted by atomic mass is 10.2. The number of H-pyrrole nitrogens is 1. The molecule has 0 unspecified atom stereocenters. The summed E-state index contributed by atoms with van der Waals surface area (Å²) >= 11 is 0. The van der Waals surface area contributed by atoms with E-state index in [-0.39, 0.29) is 11.9 Å². The third-order valence-corrected chi connectivity index (χ3v) is 4.31. The number of halogens is 1. The normalized spacial score (nSPS) is 19.2. The molecule has 8 heteroatoms. The molecule has 0 radical (unpaired) electrons. The quantitative estimate of drug-likeness (QED) is 0.791. The molecule has 126 valence electrons. The molecular formula is C16H19FN6O. The highest BCUT2D eigenvalue weighted by atomic mass is 19.1. The summed E-state index contributed by atoms with van der Waals surface area (Å²) in [4.78, 5) is 9.81. The number of rotatable bonds is 4. The van der Waals surface area contributed by atoms with Crippen LogP contribution >= 0.6 is 0 Å². The van der Waals surface area contributed by atoms with Crippen LogP contribution < -0.4 is 0 Å². The summed E-state index contributed by atoms with van der Waals surface area (Å²) in [7, 11) is 0. The number of hydrogen-bond acceptors (Lipinski definition) is 5. The molecule has 0 saturated carbocycles. The Balaban J connectivity index is 1.50. The van der Waals surface area contributed by atoms with Gasteiger partial charge in [0.1, 0.15) is 23.8 Å². The van der Waals surface area contributed by atoms with Crippen LogP contribution in [0.3, 0.4) is 0 Å². The molecule has 4 rings (SSSR count). The average molecular weight is 330 g/mol. The van der Waals surface area contributed by atoms with E-state index in [1.165, 1.54) is 6.07 Å². The van der Waals surface area contributed by atoms with Crippen LogP contribution in [0.15, 0.2) is 24.5 Å². The van der Waals surface area contributed by atoms with E-state index < -0.39 is 0 Å². The zero-order chi connectivity index (χ0) is 16.5. The minimum atomic E-state index is -0.300. The van der Waals surface area contributed by atoms with E-state index in [1.807, 2.05) is 10.6 Å². The monoisotopic (exact) mass is 330 g/mol. The molecule has 0 bridgehead atoms. The lowest BCUT2D eigenvalue weighted by Crippen LogP contribution is -2.39. The van der Waals surface area contributed by atoms with Crippen LogP contribution in [0.4, 0.5) is 4.39 Å². The third kappa shape index (κ3) is 2.78. The fraction of sp³-hybridized carbons (Fsp3) is 0.438. The van der Waals surface area contributed by atoms with Crippen LogP contribution in [-0.2, 0) is 17.8 Å². The lowest BCUT2D eigenvalue weighted by molar-refractivity contribution is -0.0395. The molecule has 7 nitrogen and oxygen atoms in total. The summed E-state index contributed by atoms with van der Waals surface area (Å²) in [6.45, 7) is 5.61. The number of nitrogens with zero attached hydrogens (tertiary/aromatic N) is 5. The van der Waals surface area contributed by atoms with Gasteiger partial charge in [0.05, 0.1) is 18.7 Å². The van der Waals surface area contributed by atoms with Crippen LogP contribution in [0.2, 0.25) is 0 Å². The Morgan fingerprint density at radius 3 is 3.17 bits per heavy atom. The fourth-order valence-electron chi connectivity index (χ4n) is 3.09. The first kappa shape index (κ1) is 15.2. The number of aryl methyl sites for hydroxylation is 1. The van der Waals surface area contributed by atoms with Crippen molar-refractivity contribution in [3.05, 3.63) is 42.0 Å². The maximum Gasteiger partial charge on any atom is 0.163 e. The largest absolute Gasteiger partial charge is 0.368 e. The second-order valence-corrected chi connectivity index (χ2v) is 5.89. The number of hydrogen-bond donors (Lipinski definition) is 1. The topological polar surface area (TPSA) is 71.9 Å². The maximum absolute atomic E-state index is 13.8. The SMILES string of the molecule is CCn1cnnc1[C@@H]1CN(Cc2nc3c(F)cccc3[nH]2)CCO1. The minimum Gasteiger partial charge on any atom is -0.368 e. The van der Waals surface area contributed by atoms with Crippen molar-refractivity contribution in [2.75, 3.05) is 19.7 Å². The maximum atomic E-state index is 13.8. The van der Waals surface area contributed by atoms with E-state index in [9.17, 15) is 4.39 Å². The number of benzene rings is 1. The number of ether oxygens (including phenoxy) is 1. The Bertz CT molecular complexity index is 844. The molecular weight excluding hydrogens is 311 g/mol. The van der Waals surface area contributed by atoms with Crippen molar-refractivity contribution < 1.29 is 9.13 Å². The predicted molar refractivity (Wildman–Crippen MR) is 85.7 cm³/mol. The van der Waals surface area contributed by atoms with Crippen molar-refractivity contribution in [1.29, 1.82) is 0 Å². The van der Waals surface area contributed by atoms with Gasteiger partial charge in [-0.2, -0.15) is 0 Å². The average Bonchev–Trinajstić information content (AvgIpc) is 3.22. The van der Waals surface area contributed by atoms with Gasteiger partial charge in [-0.1, -0.05) is 6.07 Å². The number of imidazole rings is 1. The Hall–Kier alpha value is -2.32. The summed E-state index contributed by atoms with van der Waals surface area (Å²) in [6.07, 6.45) is 1.61. The molecule has 3 aromatic rings. The van der Waals surface area contributed by atoms with Gasteiger partial charge in [-0.05, 0) is 19.1 Å². The summed E-state index contributed by atoms with van der Waals surface area (Å²) in [5.41, 5.74) is 1.11. The number of morpholine rings is 1. The molecule has 0 aliphatic carbocycles. The van der Waals surface area contributed by atoms with Crippen LogP contribution in [0.5, 0.6) is 0 Å². The number of aromatic amines is 1. The third-order valence-electron chi connectivity index (χ3n) is 4.31. The Morgan fingerprint density at radius 2 is 2.33 bits per heavy atom. The number of fused-ring (bicyclic) bond motifs is 1. The Labute approximate surface area is 138 Å². The minimum absolute atomic E-state index is 0.109. The fourth-order valence-corrected chi connectivity index (χ4v) is 3.09.